The van der Waals surface area contributed by atoms with E-state index in [0.29, 0.717) is 12.5 Å². The molecule has 5 nitrogen and oxygen atoms in total. The first-order valence-electron chi connectivity index (χ1n) is 9.20. The molecule has 1 aromatic heterocycles. The first-order valence-corrected chi connectivity index (χ1v) is 9.20. The van der Waals surface area contributed by atoms with Gasteiger partial charge in [0.05, 0.1) is 17.6 Å². The van der Waals surface area contributed by atoms with Crippen LogP contribution in [-0.2, 0) is 11.2 Å². The van der Waals surface area contributed by atoms with Crippen LogP contribution in [0.5, 0.6) is 0 Å². The third-order valence-corrected chi connectivity index (χ3v) is 5.40. The molecule has 1 aliphatic heterocycles. The number of carbonyl (C=O) groups excluding carboxylic acids is 1. The van der Waals surface area contributed by atoms with Crippen molar-refractivity contribution in [2.24, 2.45) is 0 Å². The number of likely N-dealkylation sites (tertiary alicyclic amines) is 1. The molecule has 5 heteroatoms. The van der Waals surface area contributed by atoms with Gasteiger partial charge in [-0.3, -0.25) is 9.89 Å². The molecule has 1 saturated heterocycles. The molecule has 2 aromatic carbocycles. The first kappa shape index (κ1) is 16.6. The van der Waals surface area contributed by atoms with Gasteiger partial charge in [-0.15, -0.1) is 0 Å². The molecule has 4 rings (SSSR count). The molecule has 0 aliphatic carbocycles. The monoisotopic (exact) mass is 348 g/mol. The SMILES string of the molecule is CN(c1ccccc1)C1CCN(C(=O)Cc2[nH]nc3ccccc23)CC1. The lowest BCUT2D eigenvalue weighted by Crippen LogP contribution is -2.46. The van der Waals surface area contributed by atoms with E-state index in [4.69, 9.17) is 0 Å². The molecule has 134 valence electrons. The molecule has 1 N–H and O–H groups in total. The van der Waals surface area contributed by atoms with Gasteiger partial charge in [-0.1, -0.05) is 36.4 Å². The average Bonchev–Trinajstić information content (AvgIpc) is 3.11. The number of H-pyrrole nitrogens is 1. The summed E-state index contributed by atoms with van der Waals surface area (Å²) in [5.41, 5.74) is 3.06. The molecular formula is C21H24N4O. The van der Waals surface area contributed by atoms with E-state index in [1.165, 1.54) is 5.69 Å². The summed E-state index contributed by atoms with van der Waals surface area (Å²) in [6.07, 6.45) is 2.39. The summed E-state index contributed by atoms with van der Waals surface area (Å²) < 4.78 is 0. The number of nitrogens with zero attached hydrogens (tertiary/aromatic N) is 3. The smallest absolute Gasteiger partial charge is 0.228 e. The van der Waals surface area contributed by atoms with Crippen LogP contribution < -0.4 is 4.90 Å². The van der Waals surface area contributed by atoms with Crippen molar-refractivity contribution in [1.29, 1.82) is 0 Å². The maximum absolute atomic E-state index is 12.7. The van der Waals surface area contributed by atoms with Gasteiger partial charge in [-0.2, -0.15) is 5.10 Å². The summed E-state index contributed by atoms with van der Waals surface area (Å²) in [7, 11) is 2.15. The summed E-state index contributed by atoms with van der Waals surface area (Å²) in [6.45, 7) is 1.62. The Bertz CT molecular complexity index is 881. The molecular weight excluding hydrogens is 324 g/mol. The number of hydrogen-bond donors (Lipinski definition) is 1. The number of anilines is 1. The number of nitrogens with one attached hydrogen (secondary N) is 1. The zero-order valence-electron chi connectivity index (χ0n) is 15.1. The van der Waals surface area contributed by atoms with Gasteiger partial charge in [-0.05, 0) is 31.0 Å². The number of piperidine rings is 1. The Morgan fingerprint density at radius 2 is 1.81 bits per heavy atom. The second-order valence-electron chi connectivity index (χ2n) is 6.95. The Kier molecular flexibility index (Phi) is 4.61. The van der Waals surface area contributed by atoms with Crippen LogP contribution in [0.3, 0.4) is 0 Å². The quantitative estimate of drug-likeness (QED) is 0.787. The topological polar surface area (TPSA) is 52.2 Å². The summed E-state index contributed by atoms with van der Waals surface area (Å²) in [6, 6.07) is 18.9. The van der Waals surface area contributed by atoms with Crippen LogP contribution in [-0.4, -0.2) is 47.2 Å². The number of amides is 1. The maximum Gasteiger partial charge on any atom is 0.228 e. The minimum Gasteiger partial charge on any atom is -0.371 e. The largest absolute Gasteiger partial charge is 0.371 e. The highest BCUT2D eigenvalue weighted by Gasteiger charge is 2.26. The highest BCUT2D eigenvalue weighted by molar-refractivity contribution is 5.87. The normalized spacial score (nSPS) is 15.3. The lowest BCUT2D eigenvalue weighted by atomic mass is 10.0. The van der Waals surface area contributed by atoms with Gasteiger partial charge in [0.15, 0.2) is 0 Å². The molecule has 2 heterocycles. The van der Waals surface area contributed by atoms with Crippen molar-refractivity contribution < 1.29 is 4.79 Å². The molecule has 1 amide bonds. The fourth-order valence-corrected chi connectivity index (χ4v) is 3.79. The molecule has 1 fully saturated rings. The Balaban J connectivity index is 1.36. The van der Waals surface area contributed by atoms with E-state index in [2.05, 4.69) is 46.4 Å². The standard InChI is InChI=1S/C21H24N4O/c1-24(16-7-3-2-4-8-16)17-11-13-25(14-12-17)21(26)15-20-18-9-5-6-10-19(18)22-23-20/h2-10,17H,11-15H2,1H3,(H,22,23). The van der Waals surface area contributed by atoms with E-state index in [9.17, 15) is 4.79 Å². The molecule has 0 atom stereocenters. The minimum absolute atomic E-state index is 0.181. The number of aromatic nitrogens is 2. The molecule has 0 bridgehead atoms. The van der Waals surface area contributed by atoms with Crippen LogP contribution in [0.15, 0.2) is 54.6 Å². The molecule has 0 spiro atoms. The van der Waals surface area contributed by atoms with Crippen LogP contribution in [0.4, 0.5) is 5.69 Å². The fraction of sp³-hybridized carbons (Fsp3) is 0.333. The van der Waals surface area contributed by atoms with Crippen molar-refractivity contribution in [3.05, 3.63) is 60.3 Å². The Morgan fingerprint density at radius 1 is 1.12 bits per heavy atom. The molecule has 0 radical (unpaired) electrons. The summed E-state index contributed by atoms with van der Waals surface area (Å²) >= 11 is 0. The van der Waals surface area contributed by atoms with Gasteiger partial charge in [0, 0.05) is 37.3 Å². The van der Waals surface area contributed by atoms with E-state index in [-0.39, 0.29) is 5.91 Å². The summed E-state index contributed by atoms with van der Waals surface area (Å²) in [5.74, 6) is 0.181. The Labute approximate surface area is 153 Å². The second-order valence-corrected chi connectivity index (χ2v) is 6.95. The Hall–Kier alpha value is -2.82. The third-order valence-electron chi connectivity index (χ3n) is 5.40. The maximum atomic E-state index is 12.7. The van der Waals surface area contributed by atoms with Crippen molar-refractivity contribution in [2.75, 3.05) is 25.0 Å². The van der Waals surface area contributed by atoms with Gasteiger partial charge >= 0.3 is 0 Å². The molecule has 3 aromatic rings. The number of carbonyl (C=O) groups is 1. The van der Waals surface area contributed by atoms with Gasteiger partial charge < -0.3 is 9.80 Å². The van der Waals surface area contributed by atoms with Crippen LogP contribution in [0.1, 0.15) is 18.5 Å². The van der Waals surface area contributed by atoms with Crippen LogP contribution in [0.25, 0.3) is 10.9 Å². The first-order chi connectivity index (χ1) is 12.7. The van der Waals surface area contributed by atoms with Crippen LogP contribution in [0, 0.1) is 0 Å². The molecule has 26 heavy (non-hydrogen) atoms. The van der Waals surface area contributed by atoms with Gasteiger partial charge in [0.2, 0.25) is 5.91 Å². The lowest BCUT2D eigenvalue weighted by Gasteiger charge is -2.37. The van der Waals surface area contributed by atoms with Crippen LogP contribution >= 0.6 is 0 Å². The lowest BCUT2D eigenvalue weighted by molar-refractivity contribution is -0.131. The predicted octanol–water partition coefficient (Wildman–Crippen LogP) is 3.23. The molecule has 0 unspecified atom stereocenters. The summed E-state index contributed by atoms with van der Waals surface area (Å²) in [5, 5.41) is 8.35. The number of hydrogen-bond acceptors (Lipinski definition) is 3. The van der Waals surface area contributed by atoms with E-state index < -0.39 is 0 Å². The van der Waals surface area contributed by atoms with Crippen molar-refractivity contribution in [3.8, 4) is 0 Å². The number of rotatable bonds is 4. The Morgan fingerprint density at radius 3 is 2.58 bits per heavy atom. The van der Waals surface area contributed by atoms with Crippen LogP contribution in [0.2, 0.25) is 0 Å². The highest BCUT2D eigenvalue weighted by Crippen LogP contribution is 2.23. The third kappa shape index (κ3) is 3.29. The number of para-hydroxylation sites is 2. The van der Waals surface area contributed by atoms with Gasteiger partial charge in [-0.25, -0.2) is 0 Å². The van der Waals surface area contributed by atoms with Crippen molar-refractivity contribution in [3.63, 3.8) is 0 Å². The van der Waals surface area contributed by atoms with Gasteiger partial charge in [0.25, 0.3) is 0 Å². The average molecular weight is 348 g/mol. The van der Waals surface area contributed by atoms with E-state index >= 15 is 0 Å². The van der Waals surface area contributed by atoms with Gasteiger partial charge in [0.1, 0.15) is 0 Å². The second kappa shape index (κ2) is 7.20. The molecule has 0 saturated carbocycles. The fourth-order valence-electron chi connectivity index (χ4n) is 3.79. The number of aromatic amines is 1. The van der Waals surface area contributed by atoms with E-state index in [1.54, 1.807) is 0 Å². The van der Waals surface area contributed by atoms with Crippen molar-refractivity contribution in [2.45, 2.75) is 25.3 Å². The number of benzene rings is 2. The zero-order chi connectivity index (χ0) is 17.9. The summed E-state index contributed by atoms with van der Waals surface area (Å²) in [4.78, 5) is 17.0. The van der Waals surface area contributed by atoms with Crippen molar-refractivity contribution >= 4 is 22.5 Å². The minimum atomic E-state index is 0.181. The predicted molar refractivity (Wildman–Crippen MR) is 104 cm³/mol. The highest BCUT2D eigenvalue weighted by atomic mass is 16.2. The van der Waals surface area contributed by atoms with Crippen molar-refractivity contribution in [1.82, 2.24) is 15.1 Å². The van der Waals surface area contributed by atoms with E-state index in [0.717, 1.165) is 42.5 Å². The number of fused-ring (bicyclic) bond motifs is 1. The van der Waals surface area contributed by atoms with E-state index in [1.807, 2.05) is 35.2 Å². The molecule has 1 aliphatic rings. The zero-order valence-corrected chi connectivity index (χ0v) is 15.1.